The molecule has 3 unspecified atom stereocenters. The van der Waals surface area contributed by atoms with Gasteiger partial charge in [0.05, 0.1) is 11.0 Å². The second-order valence-electron chi connectivity index (χ2n) is 7.35. The fourth-order valence-corrected chi connectivity index (χ4v) is 6.84. The summed E-state index contributed by atoms with van der Waals surface area (Å²) in [6.45, 7) is 0. The smallest absolute Gasteiger partial charge is 0.190 e. The Morgan fingerprint density at radius 1 is 0.963 bits per heavy atom. The first-order valence-electron chi connectivity index (χ1n) is 9.23. The van der Waals surface area contributed by atoms with Crippen LogP contribution in [-0.4, -0.2) is 30.2 Å². The number of aliphatic hydroxyl groups is 1. The normalized spacial score (nSPS) is 27.4. The Morgan fingerprint density at radius 3 is 2.26 bits per heavy atom. The maximum absolute atomic E-state index is 13.6. The molecule has 4 nitrogen and oxygen atoms in total. The Morgan fingerprint density at radius 2 is 1.59 bits per heavy atom. The highest BCUT2D eigenvalue weighted by Gasteiger charge is 2.62. The van der Waals surface area contributed by atoms with Crippen molar-refractivity contribution in [3.63, 3.8) is 0 Å². The monoisotopic (exact) mass is 382 g/mol. The van der Waals surface area contributed by atoms with E-state index in [2.05, 4.69) is 0 Å². The zero-order chi connectivity index (χ0) is 19.1. The summed E-state index contributed by atoms with van der Waals surface area (Å²) in [6, 6.07) is 18.0. The standard InChI is InChI=1S/C22H22O4S/c23-20-15-17(12-11-16-7-3-1-4-8-16)22(14-13-19(20)21(22)24)27(25,26)18-9-5-2-6-10-18/h1-10,15,19,21,24H,11-14H2. The van der Waals surface area contributed by atoms with E-state index in [1.54, 1.807) is 30.3 Å². The number of hydrogen-bond donors (Lipinski definition) is 1. The van der Waals surface area contributed by atoms with Crippen LogP contribution in [0.1, 0.15) is 24.8 Å². The van der Waals surface area contributed by atoms with E-state index in [1.807, 2.05) is 30.3 Å². The molecule has 2 aliphatic rings. The van der Waals surface area contributed by atoms with Crippen molar-refractivity contribution in [2.45, 2.75) is 41.4 Å². The maximum atomic E-state index is 13.6. The molecule has 2 aromatic carbocycles. The van der Waals surface area contributed by atoms with Gasteiger partial charge in [-0.3, -0.25) is 4.79 Å². The second-order valence-corrected chi connectivity index (χ2v) is 9.56. The average Bonchev–Trinajstić information content (AvgIpc) is 2.96. The van der Waals surface area contributed by atoms with Crippen LogP contribution in [0.5, 0.6) is 0 Å². The van der Waals surface area contributed by atoms with E-state index in [4.69, 9.17) is 0 Å². The zero-order valence-corrected chi connectivity index (χ0v) is 15.7. The van der Waals surface area contributed by atoms with E-state index in [0.29, 0.717) is 24.8 Å². The third-order valence-corrected chi connectivity index (χ3v) is 8.53. The van der Waals surface area contributed by atoms with Crippen LogP contribution in [-0.2, 0) is 21.1 Å². The van der Waals surface area contributed by atoms with Gasteiger partial charge < -0.3 is 5.11 Å². The summed E-state index contributed by atoms with van der Waals surface area (Å²) < 4.78 is 25.8. The third kappa shape index (κ3) is 2.77. The number of rotatable bonds is 5. The summed E-state index contributed by atoms with van der Waals surface area (Å²) in [5.74, 6) is -0.772. The van der Waals surface area contributed by atoms with Crippen molar-refractivity contribution < 1.29 is 18.3 Å². The van der Waals surface area contributed by atoms with Crippen LogP contribution in [0, 0.1) is 5.92 Å². The van der Waals surface area contributed by atoms with Gasteiger partial charge in [0, 0.05) is 5.92 Å². The molecule has 5 heteroatoms. The zero-order valence-electron chi connectivity index (χ0n) is 14.9. The van der Waals surface area contributed by atoms with Gasteiger partial charge in [0.15, 0.2) is 15.6 Å². The van der Waals surface area contributed by atoms with Gasteiger partial charge in [0.2, 0.25) is 0 Å². The van der Waals surface area contributed by atoms with Crippen LogP contribution in [0.2, 0.25) is 0 Å². The second kappa shape index (κ2) is 6.73. The van der Waals surface area contributed by atoms with E-state index in [1.165, 1.54) is 6.08 Å². The van der Waals surface area contributed by atoms with E-state index in [0.717, 1.165) is 5.56 Å². The Labute approximate surface area is 159 Å². The van der Waals surface area contributed by atoms with Crippen molar-refractivity contribution in [3.05, 3.63) is 77.9 Å². The van der Waals surface area contributed by atoms with E-state index in [-0.39, 0.29) is 17.1 Å². The van der Waals surface area contributed by atoms with Crippen molar-refractivity contribution >= 4 is 15.6 Å². The number of fused-ring (bicyclic) bond motifs is 2. The van der Waals surface area contributed by atoms with Gasteiger partial charge in [-0.05, 0) is 55.0 Å². The lowest BCUT2D eigenvalue weighted by Crippen LogP contribution is -2.52. The summed E-state index contributed by atoms with van der Waals surface area (Å²) in [4.78, 5) is 12.7. The molecule has 1 fully saturated rings. The first-order valence-corrected chi connectivity index (χ1v) is 10.7. The highest BCUT2D eigenvalue weighted by atomic mass is 32.2. The number of carbonyl (C=O) groups is 1. The van der Waals surface area contributed by atoms with Gasteiger partial charge in [0.1, 0.15) is 4.75 Å². The molecule has 140 valence electrons. The average molecular weight is 382 g/mol. The molecule has 1 N–H and O–H groups in total. The highest BCUT2D eigenvalue weighted by molar-refractivity contribution is 7.93. The first kappa shape index (κ1) is 18.1. The number of aryl methyl sites for hydroxylation is 1. The third-order valence-electron chi connectivity index (χ3n) is 5.97. The Balaban J connectivity index is 1.77. The number of benzene rings is 2. The van der Waals surface area contributed by atoms with Crippen molar-refractivity contribution in [1.82, 2.24) is 0 Å². The van der Waals surface area contributed by atoms with Crippen molar-refractivity contribution in [2.24, 2.45) is 5.92 Å². The molecule has 0 aliphatic heterocycles. The summed E-state index contributed by atoms with van der Waals surface area (Å²) >= 11 is 0. The predicted octanol–water partition coefficient (Wildman–Crippen LogP) is 3.11. The number of allylic oxidation sites excluding steroid dienone is 1. The van der Waals surface area contributed by atoms with Crippen LogP contribution < -0.4 is 0 Å². The number of carbonyl (C=O) groups excluding carboxylic acids is 1. The molecule has 0 heterocycles. The number of hydrogen-bond acceptors (Lipinski definition) is 4. The minimum absolute atomic E-state index is 0.151. The molecule has 2 aliphatic carbocycles. The minimum atomic E-state index is -3.83. The summed E-state index contributed by atoms with van der Waals surface area (Å²) in [6.07, 6.45) is 2.05. The number of sulfone groups is 1. The Kier molecular flexibility index (Phi) is 4.52. The fraction of sp³-hybridized carbons (Fsp3) is 0.318. The molecule has 2 aromatic rings. The first-order chi connectivity index (χ1) is 13.0. The van der Waals surface area contributed by atoms with Crippen molar-refractivity contribution in [1.29, 1.82) is 0 Å². The minimum Gasteiger partial charge on any atom is -0.390 e. The Bertz CT molecular complexity index is 979. The molecular formula is C22H22O4S. The SMILES string of the molecule is O=C1C=C(CCc2ccccc2)C2(S(=O)(=O)c3ccccc3)CCC1C2O. The molecular weight excluding hydrogens is 360 g/mol. The molecule has 1 saturated carbocycles. The molecule has 0 saturated heterocycles. The fourth-order valence-electron chi connectivity index (χ4n) is 4.53. The van der Waals surface area contributed by atoms with Gasteiger partial charge in [-0.25, -0.2) is 8.42 Å². The molecule has 4 rings (SSSR count). The van der Waals surface area contributed by atoms with Gasteiger partial charge in [-0.15, -0.1) is 0 Å². The van der Waals surface area contributed by atoms with Gasteiger partial charge in [0.25, 0.3) is 0 Å². The molecule has 0 radical (unpaired) electrons. The lowest BCUT2D eigenvalue weighted by Gasteiger charge is -2.38. The number of ketones is 1. The number of aliphatic hydroxyl groups excluding tert-OH is 1. The summed E-state index contributed by atoms with van der Waals surface area (Å²) in [5.41, 5.74) is 1.62. The molecule has 0 aromatic heterocycles. The largest absolute Gasteiger partial charge is 0.390 e. The van der Waals surface area contributed by atoms with E-state index >= 15 is 0 Å². The highest BCUT2D eigenvalue weighted by Crippen LogP contribution is 2.52. The Hall–Kier alpha value is -2.24. The van der Waals surface area contributed by atoms with Crippen LogP contribution in [0.25, 0.3) is 0 Å². The summed E-state index contributed by atoms with van der Waals surface area (Å²) in [7, 11) is -3.83. The lowest BCUT2D eigenvalue weighted by atomic mass is 9.81. The topological polar surface area (TPSA) is 71.4 Å². The molecule has 2 bridgehead atoms. The molecule has 27 heavy (non-hydrogen) atoms. The summed E-state index contributed by atoms with van der Waals surface area (Å²) in [5, 5.41) is 11.0. The molecule has 0 amide bonds. The van der Waals surface area contributed by atoms with E-state index < -0.39 is 26.6 Å². The van der Waals surface area contributed by atoms with Crippen LogP contribution in [0.15, 0.2) is 77.2 Å². The quantitative estimate of drug-likeness (QED) is 0.863. The predicted molar refractivity (Wildman–Crippen MR) is 103 cm³/mol. The molecule has 0 spiro atoms. The van der Waals surface area contributed by atoms with Gasteiger partial charge in [-0.2, -0.15) is 0 Å². The molecule has 3 atom stereocenters. The van der Waals surface area contributed by atoms with E-state index in [9.17, 15) is 18.3 Å². The lowest BCUT2D eigenvalue weighted by molar-refractivity contribution is -0.121. The van der Waals surface area contributed by atoms with Crippen molar-refractivity contribution in [3.8, 4) is 0 Å². The van der Waals surface area contributed by atoms with Gasteiger partial charge >= 0.3 is 0 Å². The van der Waals surface area contributed by atoms with Crippen LogP contribution in [0.3, 0.4) is 0 Å². The van der Waals surface area contributed by atoms with Crippen molar-refractivity contribution in [2.75, 3.05) is 0 Å². The maximum Gasteiger partial charge on any atom is 0.190 e. The van der Waals surface area contributed by atoms with Crippen LogP contribution >= 0.6 is 0 Å². The van der Waals surface area contributed by atoms with Gasteiger partial charge in [-0.1, -0.05) is 48.5 Å². The van der Waals surface area contributed by atoms with Crippen LogP contribution in [0.4, 0.5) is 0 Å².